The van der Waals surface area contributed by atoms with Crippen molar-refractivity contribution in [3.63, 3.8) is 0 Å². The van der Waals surface area contributed by atoms with E-state index >= 15 is 0 Å². The molecule has 0 aliphatic carbocycles. The summed E-state index contributed by atoms with van der Waals surface area (Å²) in [6.07, 6.45) is 0. The van der Waals surface area contributed by atoms with Gasteiger partial charge in [-0.25, -0.2) is 4.79 Å². The van der Waals surface area contributed by atoms with Gasteiger partial charge in [0.2, 0.25) is 0 Å². The van der Waals surface area contributed by atoms with Crippen LogP contribution in [-0.4, -0.2) is 23.1 Å². The molecule has 0 heterocycles. The van der Waals surface area contributed by atoms with Crippen LogP contribution < -0.4 is 5.32 Å². The van der Waals surface area contributed by atoms with Gasteiger partial charge in [0.15, 0.2) is 0 Å². The van der Waals surface area contributed by atoms with Gasteiger partial charge in [0.1, 0.15) is 5.75 Å². The van der Waals surface area contributed by atoms with Gasteiger partial charge < -0.3 is 15.3 Å². The standard InChI is InChI=1S/C16H17ClN2O2/c1-11(12-7-9-13(20)10-8-12)19(2)16(21)18-15-6-4-3-5-14(15)17/h3-11,20H,1-2H3,(H,18,21). The molecule has 2 amide bonds. The van der Waals surface area contributed by atoms with Gasteiger partial charge in [-0.3, -0.25) is 0 Å². The SMILES string of the molecule is CC(c1ccc(O)cc1)N(C)C(=O)Nc1ccccc1Cl. The average Bonchev–Trinajstić information content (AvgIpc) is 2.49. The minimum Gasteiger partial charge on any atom is -0.508 e. The van der Waals surface area contributed by atoms with Crippen LogP contribution in [0.1, 0.15) is 18.5 Å². The number of hydrogen-bond donors (Lipinski definition) is 2. The molecule has 2 aromatic carbocycles. The molecular weight excluding hydrogens is 288 g/mol. The third kappa shape index (κ3) is 3.67. The number of urea groups is 1. The summed E-state index contributed by atoms with van der Waals surface area (Å²) in [5.41, 5.74) is 1.51. The highest BCUT2D eigenvalue weighted by molar-refractivity contribution is 6.33. The van der Waals surface area contributed by atoms with Gasteiger partial charge in [-0.1, -0.05) is 35.9 Å². The van der Waals surface area contributed by atoms with Gasteiger partial charge in [-0.05, 0) is 36.8 Å². The molecule has 0 aromatic heterocycles. The number of anilines is 1. The van der Waals surface area contributed by atoms with Crippen molar-refractivity contribution in [2.75, 3.05) is 12.4 Å². The summed E-state index contributed by atoms with van der Waals surface area (Å²) >= 11 is 6.03. The molecule has 2 aromatic rings. The van der Waals surface area contributed by atoms with E-state index in [9.17, 15) is 9.90 Å². The van der Waals surface area contributed by atoms with Gasteiger partial charge >= 0.3 is 6.03 Å². The first-order chi connectivity index (χ1) is 9.99. The van der Waals surface area contributed by atoms with Gasteiger partial charge in [-0.2, -0.15) is 0 Å². The van der Waals surface area contributed by atoms with E-state index in [-0.39, 0.29) is 17.8 Å². The molecule has 0 aliphatic rings. The van der Waals surface area contributed by atoms with E-state index in [2.05, 4.69) is 5.32 Å². The lowest BCUT2D eigenvalue weighted by Gasteiger charge is -2.25. The summed E-state index contributed by atoms with van der Waals surface area (Å²) < 4.78 is 0. The molecule has 0 fully saturated rings. The molecule has 2 N–H and O–H groups in total. The van der Waals surface area contributed by atoms with E-state index in [1.807, 2.05) is 13.0 Å². The molecule has 0 radical (unpaired) electrons. The minimum absolute atomic E-state index is 0.131. The van der Waals surface area contributed by atoms with Gasteiger partial charge in [0.25, 0.3) is 0 Å². The van der Waals surface area contributed by atoms with E-state index in [4.69, 9.17) is 11.6 Å². The molecule has 0 spiro atoms. The molecule has 0 bridgehead atoms. The lowest BCUT2D eigenvalue weighted by atomic mass is 10.1. The molecule has 0 saturated heterocycles. The predicted molar refractivity (Wildman–Crippen MR) is 84.8 cm³/mol. The number of nitrogens with zero attached hydrogens (tertiary/aromatic N) is 1. The Hall–Kier alpha value is -2.20. The van der Waals surface area contributed by atoms with Crippen LogP contribution in [0.3, 0.4) is 0 Å². The summed E-state index contributed by atoms with van der Waals surface area (Å²) in [4.78, 5) is 13.8. The molecule has 21 heavy (non-hydrogen) atoms. The third-order valence-corrected chi connectivity index (χ3v) is 3.72. The number of phenolic OH excluding ortho intramolecular Hbond substituents is 1. The first kappa shape index (κ1) is 15.2. The summed E-state index contributed by atoms with van der Waals surface area (Å²) in [5.74, 6) is 0.203. The highest BCUT2D eigenvalue weighted by Gasteiger charge is 2.18. The maximum Gasteiger partial charge on any atom is 0.322 e. The smallest absolute Gasteiger partial charge is 0.322 e. The zero-order valence-corrected chi connectivity index (χ0v) is 12.6. The summed E-state index contributed by atoms with van der Waals surface area (Å²) in [6, 6.07) is 13.5. The van der Waals surface area contributed by atoms with Crippen LogP contribution in [0, 0.1) is 0 Å². The van der Waals surface area contributed by atoms with Crippen molar-refractivity contribution in [2.24, 2.45) is 0 Å². The Morgan fingerprint density at radius 2 is 1.81 bits per heavy atom. The van der Waals surface area contributed by atoms with Crippen molar-refractivity contribution >= 4 is 23.3 Å². The van der Waals surface area contributed by atoms with Gasteiger partial charge in [0.05, 0.1) is 16.8 Å². The third-order valence-electron chi connectivity index (χ3n) is 3.39. The van der Waals surface area contributed by atoms with Crippen LogP contribution in [0.4, 0.5) is 10.5 Å². The Kier molecular flexibility index (Phi) is 4.70. The molecule has 5 heteroatoms. The fraction of sp³-hybridized carbons (Fsp3) is 0.188. The number of hydrogen-bond acceptors (Lipinski definition) is 2. The number of aromatic hydroxyl groups is 1. The molecule has 110 valence electrons. The van der Waals surface area contributed by atoms with Crippen molar-refractivity contribution in [2.45, 2.75) is 13.0 Å². The quantitative estimate of drug-likeness (QED) is 0.889. The lowest BCUT2D eigenvalue weighted by molar-refractivity contribution is 0.208. The van der Waals surface area contributed by atoms with Crippen LogP contribution >= 0.6 is 11.6 Å². The first-order valence-corrected chi connectivity index (χ1v) is 6.94. The molecule has 1 atom stereocenters. The molecule has 2 rings (SSSR count). The number of para-hydroxylation sites is 1. The van der Waals surface area contributed by atoms with E-state index in [1.54, 1.807) is 54.4 Å². The first-order valence-electron chi connectivity index (χ1n) is 6.56. The topological polar surface area (TPSA) is 52.6 Å². The Balaban J connectivity index is 2.08. The number of benzene rings is 2. The largest absolute Gasteiger partial charge is 0.508 e. The van der Waals surface area contributed by atoms with Gasteiger partial charge in [-0.15, -0.1) is 0 Å². The second-order valence-corrected chi connectivity index (χ2v) is 5.20. The number of phenols is 1. The predicted octanol–water partition coefficient (Wildman–Crippen LogP) is 4.27. The van der Waals surface area contributed by atoms with Crippen molar-refractivity contribution in [3.05, 3.63) is 59.1 Å². The highest BCUT2D eigenvalue weighted by atomic mass is 35.5. The second kappa shape index (κ2) is 6.50. The molecule has 1 unspecified atom stereocenters. The van der Waals surface area contributed by atoms with Crippen molar-refractivity contribution in [3.8, 4) is 5.75 Å². The second-order valence-electron chi connectivity index (χ2n) is 4.79. The Morgan fingerprint density at radius 3 is 2.43 bits per heavy atom. The Labute approximate surface area is 129 Å². The van der Waals surface area contributed by atoms with Crippen molar-refractivity contribution in [1.29, 1.82) is 0 Å². The summed E-state index contributed by atoms with van der Waals surface area (Å²) in [7, 11) is 1.71. The summed E-state index contributed by atoms with van der Waals surface area (Å²) in [5, 5.41) is 12.6. The number of nitrogens with one attached hydrogen (secondary N) is 1. The summed E-state index contributed by atoms with van der Waals surface area (Å²) in [6.45, 7) is 1.92. The van der Waals surface area contributed by atoms with Crippen molar-refractivity contribution in [1.82, 2.24) is 4.90 Å². The molecule has 4 nitrogen and oxygen atoms in total. The van der Waals surface area contributed by atoms with Crippen LogP contribution in [0.25, 0.3) is 0 Å². The fourth-order valence-electron chi connectivity index (χ4n) is 1.92. The number of amides is 2. The normalized spacial score (nSPS) is 11.8. The average molecular weight is 305 g/mol. The maximum atomic E-state index is 12.3. The number of carbonyl (C=O) groups excluding carboxylic acids is 1. The molecule has 0 aliphatic heterocycles. The van der Waals surface area contributed by atoms with E-state index in [1.165, 1.54) is 0 Å². The lowest BCUT2D eigenvalue weighted by Crippen LogP contribution is -2.33. The fourth-order valence-corrected chi connectivity index (χ4v) is 2.10. The van der Waals surface area contributed by atoms with Gasteiger partial charge in [0, 0.05) is 7.05 Å². The van der Waals surface area contributed by atoms with Crippen molar-refractivity contribution < 1.29 is 9.90 Å². The zero-order chi connectivity index (χ0) is 15.4. The molecule has 0 saturated carbocycles. The monoisotopic (exact) mass is 304 g/mol. The van der Waals surface area contributed by atoms with Crippen LogP contribution in [0.2, 0.25) is 5.02 Å². The highest BCUT2D eigenvalue weighted by Crippen LogP contribution is 2.24. The van der Waals surface area contributed by atoms with E-state index in [0.29, 0.717) is 10.7 Å². The number of rotatable bonds is 3. The van der Waals surface area contributed by atoms with E-state index < -0.39 is 0 Å². The molecular formula is C16H17ClN2O2. The number of halogens is 1. The van der Waals surface area contributed by atoms with Crippen LogP contribution in [-0.2, 0) is 0 Å². The Morgan fingerprint density at radius 1 is 1.19 bits per heavy atom. The number of carbonyl (C=O) groups is 1. The van der Waals surface area contributed by atoms with E-state index in [0.717, 1.165) is 5.56 Å². The Bertz CT molecular complexity index is 628. The van der Waals surface area contributed by atoms with Crippen LogP contribution in [0.15, 0.2) is 48.5 Å². The minimum atomic E-state index is -0.247. The van der Waals surface area contributed by atoms with Crippen LogP contribution in [0.5, 0.6) is 5.75 Å². The zero-order valence-electron chi connectivity index (χ0n) is 11.9. The maximum absolute atomic E-state index is 12.3.